The van der Waals surface area contributed by atoms with Crippen LogP contribution in [0.15, 0.2) is 45.9 Å². The average molecular weight is 500 g/mol. The maximum atomic E-state index is 12.7. The number of aromatic amines is 1. The van der Waals surface area contributed by atoms with Gasteiger partial charge in [-0.1, -0.05) is 12.1 Å². The number of hydrogen-bond donors (Lipinski definition) is 1. The summed E-state index contributed by atoms with van der Waals surface area (Å²) < 4.78 is 11.2. The molecule has 10 heteroatoms. The van der Waals surface area contributed by atoms with Crippen molar-refractivity contribution in [3.8, 4) is 21.9 Å². The van der Waals surface area contributed by atoms with E-state index in [4.69, 9.17) is 9.47 Å². The van der Waals surface area contributed by atoms with Crippen molar-refractivity contribution in [3.63, 3.8) is 0 Å². The number of nitrogens with zero attached hydrogens (tertiary/aromatic N) is 2. The number of ether oxygens (including phenoxy) is 2. The smallest absolute Gasteiger partial charge is 0.260 e. The highest BCUT2D eigenvalue weighted by Gasteiger charge is 2.16. The first-order valence-corrected chi connectivity index (χ1v) is 13.2. The number of fused-ring (bicyclic) bond motifs is 2. The van der Waals surface area contributed by atoms with Crippen molar-refractivity contribution < 1.29 is 14.3 Å². The molecule has 0 radical (unpaired) electrons. The van der Waals surface area contributed by atoms with Gasteiger partial charge in [0.05, 0.1) is 16.9 Å². The van der Waals surface area contributed by atoms with Gasteiger partial charge in [0.15, 0.2) is 11.5 Å². The molecule has 0 saturated carbocycles. The van der Waals surface area contributed by atoms with Gasteiger partial charge < -0.3 is 19.4 Å². The first-order chi connectivity index (χ1) is 16.1. The molecular formula is C23H21N3O4S3. The fraction of sp³-hybridized carbons (Fsp3) is 0.261. The van der Waals surface area contributed by atoms with E-state index in [0.29, 0.717) is 42.5 Å². The van der Waals surface area contributed by atoms with E-state index in [1.54, 1.807) is 23.3 Å². The van der Waals surface area contributed by atoms with Crippen LogP contribution in [0.4, 0.5) is 0 Å². The van der Waals surface area contributed by atoms with Gasteiger partial charge in [-0.25, -0.2) is 4.98 Å². The second kappa shape index (κ2) is 9.58. The van der Waals surface area contributed by atoms with Crippen LogP contribution < -0.4 is 15.0 Å². The molecular weight excluding hydrogens is 478 g/mol. The van der Waals surface area contributed by atoms with E-state index in [0.717, 1.165) is 32.3 Å². The lowest BCUT2D eigenvalue weighted by atomic mass is 10.2. The number of thiophene rings is 2. The summed E-state index contributed by atoms with van der Waals surface area (Å²) in [5.74, 6) is 2.81. The molecule has 1 aromatic carbocycles. The third kappa shape index (κ3) is 4.78. The highest BCUT2D eigenvalue weighted by molar-refractivity contribution is 7.99. The van der Waals surface area contributed by atoms with Gasteiger partial charge in [0.1, 0.15) is 23.9 Å². The molecule has 1 aliphatic rings. The number of aromatic nitrogens is 2. The summed E-state index contributed by atoms with van der Waals surface area (Å²) in [5.41, 5.74) is 1.77. The average Bonchev–Trinajstić information content (AvgIpc) is 3.49. The van der Waals surface area contributed by atoms with Crippen LogP contribution in [-0.2, 0) is 17.1 Å². The van der Waals surface area contributed by atoms with Crippen LogP contribution in [0.25, 0.3) is 20.7 Å². The Hall–Kier alpha value is -2.82. The van der Waals surface area contributed by atoms with Crippen LogP contribution in [-0.4, -0.2) is 46.8 Å². The van der Waals surface area contributed by atoms with E-state index in [9.17, 15) is 9.59 Å². The Labute approximate surface area is 202 Å². The molecule has 170 valence electrons. The fourth-order valence-electron chi connectivity index (χ4n) is 3.57. The predicted octanol–water partition coefficient (Wildman–Crippen LogP) is 4.38. The van der Waals surface area contributed by atoms with Crippen LogP contribution >= 0.6 is 34.4 Å². The van der Waals surface area contributed by atoms with Gasteiger partial charge in [-0.2, -0.15) is 0 Å². The minimum Gasteiger partial charge on any atom is -0.486 e. The molecule has 1 amide bonds. The zero-order chi connectivity index (χ0) is 22.8. The van der Waals surface area contributed by atoms with Crippen molar-refractivity contribution in [1.29, 1.82) is 0 Å². The predicted molar refractivity (Wildman–Crippen MR) is 134 cm³/mol. The number of amides is 1. The van der Waals surface area contributed by atoms with Gasteiger partial charge >= 0.3 is 0 Å². The number of nitrogens with one attached hydrogen (secondary N) is 1. The molecule has 0 fully saturated rings. The summed E-state index contributed by atoms with van der Waals surface area (Å²) in [6.45, 7) is 1.57. The van der Waals surface area contributed by atoms with E-state index in [-0.39, 0.29) is 11.5 Å². The molecule has 0 bridgehead atoms. The van der Waals surface area contributed by atoms with Crippen LogP contribution in [0.2, 0.25) is 0 Å². The Bertz CT molecular complexity index is 1350. The van der Waals surface area contributed by atoms with Crippen LogP contribution in [0.5, 0.6) is 11.5 Å². The molecule has 0 aliphatic carbocycles. The summed E-state index contributed by atoms with van der Waals surface area (Å²) in [6, 6.07) is 9.71. The zero-order valence-electron chi connectivity index (χ0n) is 17.8. The molecule has 5 rings (SSSR count). The molecule has 7 nitrogen and oxygen atoms in total. The van der Waals surface area contributed by atoms with Crippen LogP contribution in [0.1, 0.15) is 11.4 Å². The lowest BCUT2D eigenvalue weighted by molar-refractivity contribution is -0.127. The topological polar surface area (TPSA) is 84.5 Å². The van der Waals surface area contributed by atoms with E-state index in [1.165, 1.54) is 23.1 Å². The quantitative estimate of drug-likeness (QED) is 0.406. The standard InChI is InChI=1S/C23H21N3O4S3/c1-26(10-14-4-5-16-17(9-14)30-7-6-29-16)20(27)13-31-12-19-24-22(28)21-15(11-33-23(21)25-19)18-3-2-8-32-18/h2-5,8-9,11H,6-7,10,12-13H2,1H3,(H,24,25,28). The van der Waals surface area contributed by atoms with E-state index in [1.807, 2.05) is 41.1 Å². The number of benzene rings is 1. The normalized spacial score (nSPS) is 12.8. The molecule has 33 heavy (non-hydrogen) atoms. The van der Waals surface area contributed by atoms with E-state index in [2.05, 4.69) is 9.97 Å². The largest absolute Gasteiger partial charge is 0.486 e. The van der Waals surface area contributed by atoms with Gasteiger partial charge in [0.2, 0.25) is 5.91 Å². The molecule has 0 saturated heterocycles. The number of thioether (sulfide) groups is 1. The van der Waals surface area contributed by atoms with Crippen molar-refractivity contribution in [3.05, 3.63) is 62.8 Å². The Kier molecular flexibility index (Phi) is 6.39. The van der Waals surface area contributed by atoms with Gasteiger partial charge in [0.25, 0.3) is 5.56 Å². The van der Waals surface area contributed by atoms with Crippen molar-refractivity contribution in [2.45, 2.75) is 12.3 Å². The van der Waals surface area contributed by atoms with Gasteiger partial charge in [-0.15, -0.1) is 34.4 Å². The molecule has 1 N–H and O–H groups in total. The molecule has 4 heterocycles. The summed E-state index contributed by atoms with van der Waals surface area (Å²) in [5, 5.41) is 4.60. The monoisotopic (exact) mass is 499 g/mol. The Morgan fingerprint density at radius 2 is 2.06 bits per heavy atom. The Morgan fingerprint density at radius 3 is 2.88 bits per heavy atom. The molecule has 0 spiro atoms. The summed E-state index contributed by atoms with van der Waals surface area (Å²) >= 11 is 4.51. The van der Waals surface area contributed by atoms with Crippen molar-refractivity contribution in [2.24, 2.45) is 0 Å². The fourth-order valence-corrected chi connectivity index (χ4v) is 6.18. The summed E-state index contributed by atoms with van der Waals surface area (Å²) in [6.07, 6.45) is 0. The lowest BCUT2D eigenvalue weighted by Gasteiger charge is -2.21. The Morgan fingerprint density at radius 1 is 1.21 bits per heavy atom. The van der Waals surface area contributed by atoms with Crippen LogP contribution in [0, 0.1) is 0 Å². The third-order valence-corrected chi connectivity index (χ3v) is 7.90. The highest BCUT2D eigenvalue weighted by atomic mass is 32.2. The van der Waals surface area contributed by atoms with E-state index >= 15 is 0 Å². The van der Waals surface area contributed by atoms with Gasteiger partial charge in [0, 0.05) is 29.4 Å². The lowest BCUT2D eigenvalue weighted by Crippen LogP contribution is -2.28. The minimum absolute atomic E-state index is 0.00872. The van der Waals surface area contributed by atoms with E-state index < -0.39 is 0 Å². The van der Waals surface area contributed by atoms with Crippen molar-refractivity contribution in [2.75, 3.05) is 26.0 Å². The number of rotatable bonds is 7. The van der Waals surface area contributed by atoms with Crippen molar-refractivity contribution >= 4 is 50.6 Å². The second-order valence-corrected chi connectivity index (χ2v) is 10.3. The highest BCUT2D eigenvalue weighted by Crippen LogP contribution is 2.34. The Balaban J connectivity index is 1.19. The third-order valence-electron chi connectivity index (χ3n) is 5.20. The second-order valence-electron chi connectivity index (χ2n) is 7.54. The van der Waals surface area contributed by atoms with Gasteiger partial charge in [-0.05, 0) is 29.1 Å². The number of carbonyl (C=O) groups excluding carboxylic acids is 1. The first kappa shape index (κ1) is 22.0. The first-order valence-electron chi connectivity index (χ1n) is 10.3. The number of hydrogen-bond acceptors (Lipinski definition) is 8. The van der Waals surface area contributed by atoms with Crippen LogP contribution in [0.3, 0.4) is 0 Å². The number of H-pyrrole nitrogens is 1. The summed E-state index contributed by atoms with van der Waals surface area (Å²) in [4.78, 5) is 36.3. The SMILES string of the molecule is CN(Cc1ccc2c(c1)OCCO2)C(=O)CSCc1nc2scc(-c3cccs3)c2c(=O)[nH]1. The molecule has 0 atom stereocenters. The van der Waals surface area contributed by atoms with Gasteiger partial charge in [-0.3, -0.25) is 9.59 Å². The minimum atomic E-state index is -0.137. The van der Waals surface area contributed by atoms with Crippen molar-refractivity contribution in [1.82, 2.24) is 14.9 Å². The number of carbonyl (C=O) groups is 1. The molecule has 0 unspecified atom stereocenters. The summed E-state index contributed by atoms with van der Waals surface area (Å²) in [7, 11) is 1.78. The zero-order valence-corrected chi connectivity index (χ0v) is 20.3. The molecule has 4 aromatic rings. The molecule has 3 aromatic heterocycles. The maximum Gasteiger partial charge on any atom is 0.260 e. The molecule has 1 aliphatic heterocycles. The maximum absolute atomic E-state index is 12.7.